The molecule has 1 aromatic heterocycles. The number of carbonyl (C=O) groups is 2. The molecule has 0 aliphatic rings. The second-order valence-corrected chi connectivity index (χ2v) is 5.38. The Balaban J connectivity index is 2.15. The van der Waals surface area contributed by atoms with E-state index in [0.717, 1.165) is 5.56 Å². The first-order chi connectivity index (χ1) is 10.5. The van der Waals surface area contributed by atoms with Crippen molar-refractivity contribution in [3.8, 4) is 0 Å². The van der Waals surface area contributed by atoms with Crippen LogP contribution < -0.4 is 11.1 Å². The summed E-state index contributed by atoms with van der Waals surface area (Å²) in [5.74, 6) is -0.795. The number of rotatable bonds is 6. The number of primary amides is 1. The normalized spacial score (nSPS) is 12.1. The smallest absolute Gasteiger partial charge is 0.272 e. The van der Waals surface area contributed by atoms with Crippen LogP contribution in [0.3, 0.4) is 0 Å². The third-order valence-electron chi connectivity index (χ3n) is 3.28. The van der Waals surface area contributed by atoms with Gasteiger partial charge in [0.25, 0.3) is 5.91 Å². The highest BCUT2D eigenvalue weighted by Crippen LogP contribution is 2.17. The van der Waals surface area contributed by atoms with Crippen LogP contribution in [-0.4, -0.2) is 21.6 Å². The third-order valence-corrected chi connectivity index (χ3v) is 3.28. The molecule has 0 saturated heterocycles. The van der Waals surface area contributed by atoms with Gasteiger partial charge in [0.2, 0.25) is 5.91 Å². The van der Waals surface area contributed by atoms with E-state index in [0.29, 0.717) is 5.69 Å². The lowest BCUT2D eigenvalue weighted by Crippen LogP contribution is -2.32. The molecule has 1 heterocycles. The van der Waals surface area contributed by atoms with Crippen molar-refractivity contribution in [2.75, 3.05) is 0 Å². The molecule has 1 atom stereocenters. The summed E-state index contributed by atoms with van der Waals surface area (Å²) < 4.78 is 1.71. The maximum Gasteiger partial charge on any atom is 0.272 e. The minimum atomic E-state index is -0.470. The van der Waals surface area contributed by atoms with E-state index >= 15 is 0 Å². The molecule has 0 spiro atoms. The van der Waals surface area contributed by atoms with Crippen LogP contribution in [0.5, 0.6) is 0 Å². The zero-order chi connectivity index (χ0) is 16.1. The Morgan fingerprint density at radius 2 is 1.91 bits per heavy atom. The molecule has 0 fully saturated rings. The van der Waals surface area contributed by atoms with Gasteiger partial charge in [0.1, 0.15) is 5.69 Å². The van der Waals surface area contributed by atoms with Crippen molar-refractivity contribution < 1.29 is 9.59 Å². The summed E-state index contributed by atoms with van der Waals surface area (Å²) in [7, 11) is 0. The Morgan fingerprint density at radius 3 is 2.45 bits per heavy atom. The fraction of sp³-hybridized carbons (Fsp3) is 0.312. The van der Waals surface area contributed by atoms with Crippen LogP contribution in [0.25, 0.3) is 0 Å². The summed E-state index contributed by atoms with van der Waals surface area (Å²) in [6.45, 7) is 3.96. The third kappa shape index (κ3) is 3.94. The monoisotopic (exact) mass is 300 g/mol. The number of hydrogen-bond donors (Lipinski definition) is 2. The van der Waals surface area contributed by atoms with E-state index in [2.05, 4.69) is 10.4 Å². The fourth-order valence-electron chi connectivity index (χ4n) is 2.12. The van der Waals surface area contributed by atoms with E-state index in [-0.39, 0.29) is 18.4 Å². The topological polar surface area (TPSA) is 90.0 Å². The van der Waals surface area contributed by atoms with Gasteiger partial charge in [-0.1, -0.05) is 30.3 Å². The Hall–Kier alpha value is -2.63. The maximum absolute atomic E-state index is 12.3. The van der Waals surface area contributed by atoms with Gasteiger partial charge in [-0.15, -0.1) is 0 Å². The number of carbonyl (C=O) groups excluding carboxylic acids is 2. The van der Waals surface area contributed by atoms with Gasteiger partial charge in [-0.05, 0) is 25.5 Å². The van der Waals surface area contributed by atoms with Crippen LogP contribution >= 0.6 is 0 Å². The summed E-state index contributed by atoms with van der Waals surface area (Å²) in [6, 6.07) is 10.6. The lowest BCUT2D eigenvalue weighted by molar-refractivity contribution is -0.118. The van der Waals surface area contributed by atoms with Gasteiger partial charge in [0.15, 0.2) is 0 Å². The van der Waals surface area contributed by atoms with Crippen molar-refractivity contribution in [3.05, 3.63) is 53.9 Å². The maximum atomic E-state index is 12.3. The predicted octanol–water partition coefficient (Wildman–Crippen LogP) is 1.81. The molecule has 2 amide bonds. The number of amides is 2. The van der Waals surface area contributed by atoms with Gasteiger partial charge in [0.05, 0.1) is 12.5 Å². The van der Waals surface area contributed by atoms with Gasteiger partial charge in [-0.2, -0.15) is 5.10 Å². The minimum Gasteiger partial charge on any atom is -0.370 e. The van der Waals surface area contributed by atoms with Gasteiger partial charge < -0.3 is 11.1 Å². The van der Waals surface area contributed by atoms with E-state index in [4.69, 9.17) is 5.73 Å². The van der Waals surface area contributed by atoms with E-state index in [1.54, 1.807) is 16.9 Å². The molecular formula is C16H20N4O2. The molecule has 2 aromatic rings. The molecule has 116 valence electrons. The van der Waals surface area contributed by atoms with Gasteiger partial charge >= 0.3 is 0 Å². The Morgan fingerprint density at radius 1 is 1.23 bits per heavy atom. The first kappa shape index (κ1) is 15.8. The number of hydrogen-bond acceptors (Lipinski definition) is 3. The first-order valence-corrected chi connectivity index (χ1v) is 7.16. The lowest BCUT2D eigenvalue weighted by Gasteiger charge is -2.17. The predicted molar refractivity (Wildman–Crippen MR) is 83.1 cm³/mol. The zero-order valence-corrected chi connectivity index (χ0v) is 12.7. The lowest BCUT2D eigenvalue weighted by atomic mass is 10.0. The number of aromatic nitrogens is 2. The minimum absolute atomic E-state index is 0.0423. The van der Waals surface area contributed by atoms with Crippen LogP contribution in [-0.2, 0) is 4.79 Å². The van der Waals surface area contributed by atoms with E-state index in [1.165, 1.54) is 0 Å². The Bertz CT molecular complexity index is 649. The molecule has 0 unspecified atom stereocenters. The van der Waals surface area contributed by atoms with Crippen LogP contribution in [0.1, 0.15) is 48.4 Å². The van der Waals surface area contributed by atoms with Crippen molar-refractivity contribution in [3.63, 3.8) is 0 Å². The molecule has 0 radical (unpaired) electrons. The summed E-state index contributed by atoms with van der Waals surface area (Å²) in [4.78, 5) is 23.6. The highest BCUT2D eigenvalue weighted by atomic mass is 16.2. The second-order valence-electron chi connectivity index (χ2n) is 5.38. The van der Waals surface area contributed by atoms with Crippen LogP contribution in [0.15, 0.2) is 42.6 Å². The van der Waals surface area contributed by atoms with Crippen molar-refractivity contribution in [1.82, 2.24) is 15.1 Å². The van der Waals surface area contributed by atoms with Gasteiger partial charge in [-0.25, -0.2) is 0 Å². The van der Waals surface area contributed by atoms with Crippen molar-refractivity contribution >= 4 is 11.8 Å². The molecule has 6 nitrogen and oxygen atoms in total. The van der Waals surface area contributed by atoms with Crippen molar-refractivity contribution in [2.45, 2.75) is 32.4 Å². The molecule has 6 heteroatoms. The molecule has 0 aliphatic carbocycles. The average Bonchev–Trinajstić information content (AvgIpc) is 2.97. The summed E-state index contributed by atoms with van der Waals surface area (Å²) in [5, 5.41) is 7.04. The second kappa shape index (κ2) is 6.89. The standard InChI is InChI=1S/C16H20N4O2/c1-11(2)20-9-8-13(19-20)16(22)18-14(10-15(17)21)12-6-4-3-5-7-12/h3-9,11,14H,10H2,1-2H3,(H2,17,21)(H,18,22)/t14-/m0/s1. The van der Waals surface area contributed by atoms with Gasteiger partial charge in [-0.3, -0.25) is 14.3 Å². The average molecular weight is 300 g/mol. The SMILES string of the molecule is CC(C)n1ccc(C(=O)N[C@@H](CC(N)=O)c2ccccc2)n1. The number of nitrogens with one attached hydrogen (secondary N) is 1. The van der Waals surface area contributed by atoms with E-state index in [9.17, 15) is 9.59 Å². The molecule has 1 aromatic carbocycles. The highest BCUT2D eigenvalue weighted by Gasteiger charge is 2.19. The summed E-state index contributed by atoms with van der Waals surface area (Å²) in [6.07, 6.45) is 1.80. The number of benzene rings is 1. The molecule has 3 N–H and O–H groups in total. The Kier molecular flexibility index (Phi) is 4.93. The molecule has 2 rings (SSSR count). The highest BCUT2D eigenvalue weighted by molar-refractivity contribution is 5.92. The Labute approximate surface area is 129 Å². The molecule has 0 aliphatic heterocycles. The van der Waals surface area contributed by atoms with Gasteiger partial charge in [0, 0.05) is 12.2 Å². The van der Waals surface area contributed by atoms with Crippen molar-refractivity contribution in [2.24, 2.45) is 5.73 Å². The van der Waals surface area contributed by atoms with E-state index in [1.807, 2.05) is 44.2 Å². The van der Waals surface area contributed by atoms with Crippen LogP contribution in [0, 0.1) is 0 Å². The fourth-order valence-corrected chi connectivity index (χ4v) is 2.12. The quantitative estimate of drug-likeness (QED) is 0.852. The van der Waals surface area contributed by atoms with E-state index < -0.39 is 11.9 Å². The van der Waals surface area contributed by atoms with Crippen molar-refractivity contribution in [1.29, 1.82) is 0 Å². The first-order valence-electron chi connectivity index (χ1n) is 7.16. The number of nitrogens with two attached hydrogens (primary N) is 1. The van der Waals surface area contributed by atoms with Crippen LogP contribution in [0.2, 0.25) is 0 Å². The molecule has 22 heavy (non-hydrogen) atoms. The molecular weight excluding hydrogens is 280 g/mol. The van der Waals surface area contributed by atoms with Crippen LogP contribution in [0.4, 0.5) is 0 Å². The zero-order valence-electron chi connectivity index (χ0n) is 12.7. The number of nitrogens with zero attached hydrogens (tertiary/aromatic N) is 2. The largest absolute Gasteiger partial charge is 0.370 e. The molecule has 0 saturated carbocycles. The molecule has 0 bridgehead atoms. The summed E-state index contributed by atoms with van der Waals surface area (Å²) in [5.41, 5.74) is 6.43. The summed E-state index contributed by atoms with van der Waals surface area (Å²) >= 11 is 0.